The number of carboxylic acid groups (broad SMARTS) is 1. The van der Waals surface area contributed by atoms with Crippen molar-refractivity contribution in [1.29, 1.82) is 0 Å². The Kier molecular flexibility index (Phi) is 53.0. The quantitative estimate of drug-likeness (QED) is 0.0228. The van der Waals surface area contributed by atoms with E-state index in [1.165, 1.54) is 154 Å². The van der Waals surface area contributed by atoms with Gasteiger partial charge in [0.1, 0.15) is 18.8 Å². The Hall–Kier alpha value is -3.58. The predicted octanol–water partition coefficient (Wildman–Crippen LogP) is 17.9. The lowest BCUT2D eigenvalue weighted by molar-refractivity contribution is -0.301. The van der Waals surface area contributed by atoms with Crippen LogP contribution >= 0.6 is 0 Å². The van der Waals surface area contributed by atoms with Gasteiger partial charge in [-0.25, -0.2) is 4.79 Å². The molecule has 1 fully saturated rings. The van der Waals surface area contributed by atoms with Crippen LogP contribution in [0.15, 0.2) is 60.8 Å². The third kappa shape index (κ3) is 46.5. The summed E-state index contributed by atoms with van der Waals surface area (Å²) in [6, 6.07) is 0. The number of allylic oxidation sites excluding steroid dienone is 10. The lowest BCUT2D eigenvalue weighted by atomic mass is 9.98. The maximum atomic E-state index is 13.2. The third-order valence-electron chi connectivity index (χ3n) is 15.0. The molecule has 0 spiro atoms. The highest BCUT2D eigenvalue weighted by atomic mass is 16.7. The third-order valence-corrected chi connectivity index (χ3v) is 15.0. The zero-order valence-electron chi connectivity index (χ0n) is 51.8. The van der Waals surface area contributed by atoms with Gasteiger partial charge in [0.15, 0.2) is 24.6 Å². The number of hydrogen-bond acceptors (Lipinski definition) is 11. The molecule has 0 amide bonds. The number of unbranched alkanes of at least 4 members (excludes halogenated alkanes) is 33. The number of carboxylic acids is 1. The van der Waals surface area contributed by atoms with Gasteiger partial charge in [0.25, 0.3) is 0 Å². The number of carbonyl (C=O) groups is 4. The Bertz CT molecular complexity index is 1640. The molecule has 0 aliphatic carbocycles. The highest BCUT2D eigenvalue weighted by Crippen LogP contribution is 2.27. The van der Waals surface area contributed by atoms with E-state index < -0.39 is 67.3 Å². The zero-order valence-corrected chi connectivity index (χ0v) is 51.8. The summed E-state index contributed by atoms with van der Waals surface area (Å²) in [5.41, 5.74) is 0. The first-order chi connectivity index (χ1) is 39.6. The molecule has 12 heteroatoms. The maximum absolute atomic E-state index is 13.2. The van der Waals surface area contributed by atoms with Crippen LogP contribution in [-0.4, -0.2) is 89.2 Å². The Labute approximate surface area is 494 Å². The number of ether oxygens (including phenoxy) is 5. The van der Waals surface area contributed by atoms with Gasteiger partial charge in [-0.05, 0) is 103 Å². The van der Waals surface area contributed by atoms with E-state index in [0.29, 0.717) is 19.3 Å². The Morgan fingerprint density at radius 2 is 0.778 bits per heavy atom. The highest BCUT2D eigenvalue weighted by Gasteiger charge is 2.50. The molecule has 0 saturated carbocycles. The molecule has 0 aromatic heterocycles. The van der Waals surface area contributed by atoms with Gasteiger partial charge >= 0.3 is 23.9 Å². The molecule has 81 heavy (non-hydrogen) atoms. The molecule has 1 heterocycles. The van der Waals surface area contributed by atoms with E-state index in [2.05, 4.69) is 81.5 Å². The maximum Gasteiger partial charge on any atom is 0.335 e. The molecule has 468 valence electrons. The molecule has 6 atom stereocenters. The summed E-state index contributed by atoms with van der Waals surface area (Å²) in [7, 11) is 0. The second kappa shape index (κ2) is 56.9. The van der Waals surface area contributed by atoms with Crippen molar-refractivity contribution in [2.45, 2.75) is 340 Å². The molecule has 0 aromatic rings. The molecule has 6 unspecified atom stereocenters. The van der Waals surface area contributed by atoms with Gasteiger partial charge in [0.05, 0.1) is 6.61 Å². The lowest BCUT2D eigenvalue weighted by Gasteiger charge is -2.40. The van der Waals surface area contributed by atoms with Crippen molar-refractivity contribution in [2.75, 3.05) is 13.2 Å². The summed E-state index contributed by atoms with van der Waals surface area (Å²) in [6.45, 7) is 5.88. The minimum Gasteiger partial charge on any atom is -0.479 e. The number of esters is 3. The summed E-state index contributed by atoms with van der Waals surface area (Å²) < 4.78 is 28.5. The van der Waals surface area contributed by atoms with E-state index in [1.54, 1.807) is 0 Å². The van der Waals surface area contributed by atoms with E-state index in [1.807, 2.05) is 0 Å². The molecule has 1 rings (SSSR count). The van der Waals surface area contributed by atoms with Crippen molar-refractivity contribution in [2.24, 2.45) is 0 Å². The van der Waals surface area contributed by atoms with Gasteiger partial charge in [0.2, 0.25) is 0 Å². The molecular weight excluding hydrogens is 1020 g/mol. The van der Waals surface area contributed by atoms with Crippen LogP contribution < -0.4 is 0 Å². The van der Waals surface area contributed by atoms with Crippen LogP contribution in [0.5, 0.6) is 0 Å². The largest absolute Gasteiger partial charge is 0.479 e. The van der Waals surface area contributed by atoms with Gasteiger partial charge in [-0.1, -0.05) is 242 Å². The van der Waals surface area contributed by atoms with Crippen molar-refractivity contribution < 1.29 is 58.2 Å². The Balaban J connectivity index is 2.63. The molecule has 0 radical (unpaired) electrons. The molecule has 1 aliphatic heterocycles. The van der Waals surface area contributed by atoms with Crippen LogP contribution in [0.4, 0.5) is 0 Å². The van der Waals surface area contributed by atoms with Crippen LogP contribution in [0.2, 0.25) is 0 Å². The van der Waals surface area contributed by atoms with Gasteiger partial charge < -0.3 is 39.0 Å². The smallest absolute Gasteiger partial charge is 0.335 e. The van der Waals surface area contributed by atoms with Gasteiger partial charge in [-0.15, -0.1) is 0 Å². The van der Waals surface area contributed by atoms with E-state index in [0.717, 1.165) is 89.9 Å². The highest BCUT2D eigenvalue weighted by molar-refractivity contribution is 5.74. The number of carbonyl (C=O) groups excluding carboxylic acids is 3. The molecule has 1 saturated heterocycles. The number of aliphatic hydroxyl groups is 2. The van der Waals surface area contributed by atoms with Gasteiger partial charge in [-0.3, -0.25) is 14.4 Å². The minimum atomic E-state index is -1.91. The van der Waals surface area contributed by atoms with Crippen molar-refractivity contribution >= 4 is 23.9 Å². The van der Waals surface area contributed by atoms with Gasteiger partial charge in [0, 0.05) is 19.3 Å². The van der Waals surface area contributed by atoms with E-state index in [4.69, 9.17) is 23.7 Å². The fourth-order valence-corrected chi connectivity index (χ4v) is 9.96. The number of aliphatic carboxylic acids is 1. The molecule has 1 aliphatic rings. The lowest BCUT2D eigenvalue weighted by Crippen LogP contribution is -2.61. The van der Waals surface area contributed by atoms with Crippen molar-refractivity contribution in [3.8, 4) is 0 Å². The second-order valence-corrected chi connectivity index (χ2v) is 22.7. The number of rotatable bonds is 57. The molecular formula is C69H120O12. The first kappa shape index (κ1) is 75.4. The average molecular weight is 1140 g/mol. The Morgan fingerprint density at radius 3 is 1.21 bits per heavy atom. The van der Waals surface area contributed by atoms with E-state index in [-0.39, 0.29) is 25.9 Å². The second-order valence-electron chi connectivity index (χ2n) is 22.7. The standard InChI is InChI=1S/C69H120O12/c1-4-7-10-13-16-19-22-25-27-29-31-33-35-38-40-43-46-49-52-55-61(70)77-58-60(79-62(71)56-53-50-47-44-41-37-24-21-18-15-12-9-6-3)59-78-69-67(65(74)64(73)66(81-69)68(75)76)80-63(72)57-54-51-48-45-42-39-36-34-32-30-28-26-23-20-17-14-11-8-5-2/h9,12,18,21,25-28,37,41,60,64-67,69,73-74H,4-8,10-11,13-17,19-20,22-24,29-36,38-40,42-59H2,1-3H3,(H,75,76)/b12-9-,21-18-,27-25-,28-26-,41-37-. The van der Waals surface area contributed by atoms with Crippen LogP contribution in [0.1, 0.15) is 303 Å². The Morgan fingerprint density at radius 1 is 0.420 bits per heavy atom. The van der Waals surface area contributed by atoms with Crippen LogP contribution in [0, 0.1) is 0 Å². The number of aliphatic hydroxyl groups excluding tert-OH is 2. The SMILES string of the molecule is CC/C=C\C/C=C\C/C=C\CCCCCC(=O)OC(COC(=O)CCCCCCCCCCC/C=C\CCCCCCCC)COC1OC(C(=O)O)C(O)C(O)C1OC(=O)CCCCCCCCCCC/C=C\CCCCCCCC. The monoisotopic (exact) mass is 1140 g/mol. The van der Waals surface area contributed by atoms with Crippen molar-refractivity contribution in [3.05, 3.63) is 60.8 Å². The average Bonchev–Trinajstić information content (AvgIpc) is 3.54. The summed E-state index contributed by atoms with van der Waals surface area (Å²) in [4.78, 5) is 51.3. The van der Waals surface area contributed by atoms with Gasteiger partial charge in [-0.2, -0.15) is 0 Å². The zero-order chi connectivity index (χ0) is 58.9. The minimum absolute atomic E-state index is 0.0550. The molecule has 12 nitrogen and oxygen atoms in total. The normalized spacial score (nSPS) is 18.1. The molecule has 3 N–H and O–H groups in total. The van der Waals surface area contributed by atoms with Crippen LogP contribution in [0.3, 0.4) is 0 Å². The predicted molar refractivity (Wildman–Crippen MR) is 331 cm³/mol. The molecule has 0 aromatic carbocycles. The molecule has 0 bridgehead atoms. The van der Waals surface area contributed by atoms with E-state index in [9.17, 15) is 34.5 Å². The van der Waals surface area contributed by atoms with Crippen molar-refractivity contribution in [3.63, 3.8) is 0 Å². The van der Waals surface area contributed by atoms with Crippen LogP contribution in [-0.2, 0) is 42.9 Å². The summed E-state index contributed by atoms with van der Waals surface area (Å²) in [5, 5.41) is 31.6. The van der Waals surface area contributed by atoms with Crippen LogP contribution in [0.25, 0.3) is 0 Å². The fraction of sp³-hybridized carbons (Fsp3) is 0.797. The summed E-state index contributed by atoms with van der Waals surface area (Å²) >= 11 is 0. The number of hydrogen-bond donors (Lipinski definition) is 3. The topological polar surface area (TPSA) is 175 Å². The first-order valence-corrected chi connectivity index (χ1v) is 33.3. The van der Waals surface area contributed by atoms with Crippen molar-refractivity contribution in [1.82, 2.24) is 0 Å². The first-order valence-electron chi connectivity index (χ1n) is 33.3. The van der Waals surface area contributed by atoms with E-state index >= 15 is 0 Å². The fourth-order valence-electron chi connectivity index (χ4n) is 9.96. The summed E-state index contributed by atoms with van der Waals surface area (Å²) in [5.74, 6) is -3.15. The summed E-state index contributed by atoms with van der Waals surface area (Å²) in [6.07, 6.45) is 59.0.